The zero-order valence-electron chi connectivity index (χ0n) is 16.4. The third-order valence-electron chi connectivity index (χ3n) is 5.11. The molecule has 3 heteroatoms. The van der Waals surface area contributed by atoms with Gasteiger partial charge in [-0.1, -0.05) is 39.0 Å². The van der Waals surface area contributed by atoms with Crippen LogP contribution in [0.1, 0.15) is 26.3 Å². The predicted molar refractivity (Wildman–Crippen MR) is 115 cm³/mol. The molecule has 0 amide bonds. The van der Waals surface area contributed by atoms with E-state index >= 15 is 0 Å². The van der Waals surface area contributed by atoms with Crippen molar-refractivity contribution in [3.63, 3.8) is 0 Å². The zero-order valence-corrected chi connectivity index (χ0v) is 16.4. The van der Waals surface area contributed by atoms with Crippen molar-refractivity contribution in [2.75, 3.05) is 0 Å². The molecule has 0 fully saturated rings. The minimum Gasteiger partial charge on any atom is -0.455 e. The van der Waals surface area contributed by atoms with Gasteiger partial charge in [-0.2, -0.15) is 0 Å². The maximum Gasteiger partial charge on any atom is 0.144 e. The summed E-state index contributed by atoms with van der Waals surface area (Å²) in [6.45, 7) is 6.77. The van der Waals surface area contributed by atoms with E-state index in [1.54, 1.807) is 0 Å². The summed E-state index contributed by atoms with van der Waals surface area (Å²) in [5.41, 5.74) is 5.32. The fraction of sp³-hybridized carbons (Fsp3) is 0.200. The lowest BCUT2D eigenvalue weighted by atomic mass is 9.88. The van der Waals surface area contributed by atoms with Crippen LogP contribution < -0.4 is 0 Å². The molecule has 28 heavy (non-hydrogen) atoms. The molecule has 2 aromatic carbocycles. The lowest BCUT2D eigenvalue weighted by molar-refractivity contribution is 0.411. The molecule has 0 atom stereocenters. The molecule has 0 unspecified atom stereocenters. The molecule has 0 spiro atoms. The van der Waals surface area contributed by atoms with Gasteiger partial charge in [-0.3, -0.25) is 9.97 Å². The van der Waals surface area contributed by atoms with Crippen molar-refractivity contribution in [1.82, 2.24) is 9.97 Å². The molecular weight excluding hydrogens is 344 g/mol. The average molecular weight is 366 g/mol. The number of furan rings is 1. The van der Waals surface area contributed by atoms with Crippen LogP contribution in [0.2, 0.25) is 0 Å². The van der Waals surface area contributed by atoms with Crippen molar-refractivity contribution in [1.29, 1.82) is 0 Å². The topological polar surface area (TPSA) is 38.9 Å². The first-order chi connectivity index (χ1) is 13.5. The Hall–Kier alpha value is -3.20. The Morgan fingerprint density at radius 2 is 1.71 bits per heavy atom. The first kappa shape index (κ1) is 16.9. The molecule has 0 aliphatic carbocycles. The second-order valence-electron chi connectivity index (χ2n) is 8.61. The molecule has 3 aromatic heterocycles. The van der Waals surface area contributed by atoms with E-state index in [2.05, 4.69) is 73.2 Å². The summed E-state index contributed by atoms with van der Waals surface area (Å²) in [7, 11) is 0. The fourth-order valence-electron chi connectivity index (χ4n) is 3.97. The molecule has 0 saturated heterocycles. The minimum absolute atomic E-state index is 0.233. The maximum atomic E-state index is 6.42. The molecule has 0 aliphatic rings. The van der Waals surface area contributed by atoms with Gasteiger partial charge in [0.2, 0.25) is 0 Å². The Balaban J connectivity index is 1.75. The van der Waals surface area contributed by atoms with Crippen LogP contribution in [0.5, 0.6) is 0 Å². The lowest BCUT2D eigenvalue weighted by Crippen LogP contribution is -2.09. The molecule has 5 aromatic rings. The Kier molecular flexibility index (Phi) is 3.73. The van der Waals surface area contributed by atoms with E-state index in [9.17, 15) is 0 Å². The Morgan fingerprint density at radius 3 is 2.57 bits per heavy atom. The summed E-state index contributed by atoms with van der Waals surface area (Å²) in [6, 6.07) is 16.8. The third-order valence-corrected chi connectivity index (χ3v) is 5.11. The number of nitrogens with zero attached hydrogens (tertiary/aromatic N) is 2. The minimum atomic E-state index is 0.233. The second-order valence-corrected chi connectivity index (χ2v) is 8.61. The van der Waals surface area contributed by atoms with Gasteiger partial charge in [0.05, 0.1) is 5.69 Å². The Labute approximate surface area is 164 Å². The van der Waals surface area contributed by atoms with Crippen LogP contribution in [-0.4, -0.2) is 9.97 Å². The van der Waals surface area contributed by atoms with Crippen LogP contribution in [0, 0.1) is 5.41 Å². The highest BCUT2D eigenvalue weighted by Gasteiger charge is 2.16. The highest BCUT2D eigenvalue weighted by atomic mass is 16.3. The predicted octanol–water partition coefficient (Wildman–Crippen LogP) is 6.78. The first-order valence-electron chi connectivity index (χ1n) is 9.63. The van der Waals surface area contributed by atoms with Gasteiger partial charge in [-0.05, 0) is 47.7 Å². The van der Waals surface area contributed by atoms with Gasteiger partial charge in [-0.15, -0.1) is 0 Å². The lowest BCUT2D eigenvalue weighted by Gasteiger charge is -2.18. The molecular formula is C25H22N2O. The number of para-hydroxylation sites is 1. The molecule has 3 heterocycles. The SMILES string of the molecule is CC(C)(C)Cc1ccnc(-c2cccc3c2oc2c4ccncc4ccc32)c1. The normalized spacial score (nSPS) is 12.2. The van der Waals surface area contributed by atoms with E-state index in [1.807, 2.05) is 24.7 Å². The van der Waals surface area contributed by atoms with Crippen LogP contribution in [0.25, 0.3) is 44.0 Å². The van der Waals surface area contributed by atoms with Gasteiger partial charge in [0.15, 0.2) is 0 Å². The summed E-state index contributed by atoms with van der Waals surface area (Å²) < 4.78 is 6.42. The van der Waals surface area contributed by atoms with Crippen LogP contribution in [0.4, 0.5) is 0 Å². The van der Waals surface area contributed by atoms with Crippen LogP contribution in [0.3, 0.4) is 0 Å². The Bertz CT molecular complexity index is 1330. The monoisotopic (exact) mass is 366 g/mol. The molecule has 138 valence electrons. The van der Waals surface area contributed by atoms with Gasteiger partial charge < -0.3 is 4.42 Å². The van der Waals surface area contributed by atoms with Crippen LogP contribution in [0.15, 0.2) is 71.5 Å². The van der Waals surface area contributed by atoms with Gasteiger partial charge >= 0.3 is 0 Å². The maximum absolute atomic E-state index is 6.42. The van der Waals surface area contributed by atoms with Crippen molar-refractivity contribution in [3.05, 3.63) is 72.7 Å². The molecule has 5 rings (SSSR count). The van der Waals surface area contributed by atoms with Gasteiger partial charge in [0, 0.05) is 45.7 Å². The number of hydrogen-bond acceptors (Lipinski definition) is 3. The van der Waals surface area contributed by atoms with E-state index in [4.69, 9.17) is 4.42 Å². The molecule has 3 nitrogen and oxygen atoms in total. The summed E-state index contributed by atoms with van der Waals surface area (Å²) >= 11 is 0. The van der Waals surface area contributed by atoms with Crippen molar-refractivity contribution in [3.8, 4) is 11.3 Å². The number of rotatable bonds is 2. The number of fused-ring (bicyclic) bond motifs is 5. The highest BCUT2D eigenvalue weighted by Crippen LogP contribution is 2.38. The molecule has 0 bridgehead atoms. The average Bonchev–Trinajstić information content (AvgIpc) is 3.06. The Morgan fingerprint density at radius 1 is 0.857 bits per heavy atom. The largest absolute Gasteiger partial charge is 0.455 e. The van der Waals surface area contributed by atoms with Gasteiger partial charge in [0.25, 0.3) is 0 Å². The molecule has 0 N–H and O–H groups in total. The third kappa shape index (κ3) is 2.84. The van der Waals surface area contributed by atoms with Gasteiger partial charge in [-0.25, -0.2) is 0 Å². The summed E-state index contributed by atoms with van der Waals surface area (Å²) in [5, 5.41) is 4.42. The van der Waals surface area contributed by atoms with E-state index in [1.165, 1.54) is 5.56 Å². The number of pyridine rings is 2. The van der Waals surface area contributed by atoms with E-state index in [0.717, 1.165) is 50.4 Å². The van der Waals surface area contributed by atoms with Gasteiger partial charge in [0.1, 0.15) is 11.2 Å². The smallest absolute Gasteiger partial charge is 0.144 e. The molecule has 0 radical (unpaired) electrons. The van der Waals surface area contributed by atoms with Crippen LogP contribution >= 0.6 is 0 Å². The summed E-state index contributed by atoms with van der Waals surface area (Å²) in [5.74, 6) is 0. The standard InChI is InChI=1S/C25H22N2O/c1-25(2,3)14-16-9-12-27-22(13-16)21-6-4-5-19-20-8-7-17-15-26-11-10-18(17)23(20)28-24(19)21/h4-13,15H,14H2,1-3H3. The summed E-state index contributed by atoms with van der Waals surface area (Å²) in [4.78, 5) is 8.88. The van der Waals surface area contributed by atoms with E-state index in [-0.39, 0.29) is 5.41 Å². The number of benzene rings is 2. The van der Waals surface area contributed by atoms with E-state index in [0.29, 0.717) is 0 Å². The highest BCUT2D eigenvalue weighted by molar-refractivity contribution is 6.16. The van der Waals surface area contributed by atoms with Crippen molar-refractivity contribution >= 4 is 32.7 Å². The van der Waals surface area contributed by atoms with Crippen molar-refractivity contribution in [2.24, 2.45) is 5.41 Å². The zero-order chi connectivity index (χ0) is 19.3. The molecule has 0 saturated carbocycles. The quantitative estimate of drug-likeness (QED) is 0.345. The fourth-order valence-corrected chi connectivity index (χ4v) is 3.97. The van der Waals surface area contributed by atoms with Crippen molar-refractivity contribution in [2.45, 2.75) is 27.2 Å². The number of hydrogen-bond donors (Lipinski definition) is 0. The summed E-state index contributed by atoms with van der Waals surface area (Å²) in [6.07, 6.45) is 6.60. The first-order valence-corrected chi connectivity index (χ1v) is 9.63. The van der Waals surface area contributed by atoms with E-state index < -0.39 is 0 Å². The number of aromatic nitrogens is 2. The van der Waals surface area contributed by atoms with Crippen LogP contribution in [-0.2, 0) is 6.42 Å². The van der Waals surface area contributed by atoms with Crippen molar-refractivity contribution < 1.29 is 4.42 Å². The second kappa shape index (κ2) is 6.16. The molecule has 0 aliphatic heterocycles.